The summed E-state index contributed by atoms with van der Waals surface area (Å²) in [5.41, 5.74) is 2.72. The van der Waals surface area contributed by atoms with Crippen molar-refractivity contribution in [2.45, 2.75) is 18.2 Å². The lowest BCUT2D eigenvalue weighted by molar-refractivity contribution is -0.124. The molecular formula is C18H18N2O2S. The fourth-order valence-electron chi connectivity index (χ4n) is 2.42. The summed E-state index contributed by atoms with van der Waals surface area (Å²) in [7, 11) is 0. The zero-order valence-electron chi connectivity index (χ0n) is 12.8. The van der Waals surface area contributed by atoms with Crippen molar-refractivity contribution in [3.8, 4) is 0 Å². The van der Waals surface area contributed by atoms with Gasteiger partial charge in [-0.25, -0.2) is 0 Å². The molecular weight excluding hydrogens is 308 g/mol. The predicted molar refractivity (Wildman–Crippen MR) is 93.7 cm³/mol. The third kappa shape index (κ3) is 3.93. The van der Waals surface area contributed by atoms with Gasteiger partial charge in [0.25, 0.3) is 0 Å². The van der Waals surface area contributed by atoms with Gasteiger partial charge in [0.1, 0.15) is 0 Å². The molecule has 0 fully saturated rings. The first-order valence-electron chi connectivity index (χ1n) is 7.51. The van der Waals surface area contributed by atoms with Crippen molar-refractivity contribution in [3.05, 3.63) is 54.1 Å². The van der Waals surface area contributed by atoms with Gasteiger partial charge in [-0.1, -0.05) is 29.8 Å². The average molecular weight is 326 g/mol. The number of benzene rings is 2. The number of fused-ring (bicyclic) bond motifs is 1. The second kappa shape index (κ2) is 6.87. The van der Waals surface area contributed by atoms with Crippen molar-refractivity contribution >= 4 is 35.0 Å². The maximum atomic E-state index is 12.3. The molecule has 1 heterocycles. The zero-order chi connectivity index (χ0) is 16.2. The SMILES string of the molecule is Cc1ccc(NC(=O)CC2CSc3ccccc3NC2=O)cc1. The Labute approximate surface area is 139 Å². The van der Waals surface area contributed by atoms with Crippen molar-refractivity contribution in [2.24, 2.45) is 5.92 Å². The van der Waals surface area contributed by atoms with Gasteiger partial charge < -0.3 is 10.6 Å². The molecule has 1 atom stereocenters. The number of hydrogen-bond donors (Lipinski definition) is 2. The molecule has 2 amide bonds. The summed E-state index contributed by atoms with van der Waals surface area (Å²) in [6.07, 6.45) is 0.181. The zero-order valence-corrected chi connectivity index (χ0v) is 13.7. The molecule has 0 saturated heterocycles. The molecule has 0 spiro atoms. The van der Waals surface area contributed by atoms with E-state index >= 15 is 0 Å². The minimum Gasteiger partial charge on any atom is -0.326 e. The Kier molecular flexibility index (Phi) is 4.67. The molecule has 0 aromatic heterocycles. The monoisotopic (exact) mass is 326 g/mol. The van der Waals surface area contributed by atoms with Gasteiger partial charge >= 0.3 is 0 Å². The van der Waals surface area contributed by atoms with Crippen molar-refractivity contribution in [3.63, 3.8) is 0 Å². The van der Waals surface area contributed by atoms with E-state index in [1.165, 1.54) is 0 Å². The first kappa shape index (κ1) is 15.6. The number of carbonyl (C=O) groups is 2. The normalized spacial score (nSPS) is 16.9. The van der Waals surface area contributed by atoms with Crippen LogP contribution >= 0.6 is 11.8 Å². The Hall–Kier alpha value is -2.27. The van der Waals surface area contributed by atoms with Crippen LogP contribution in [-0.4, -0.2) is 17.6 Å². The van der Waals surface area contributed by atoms with E-state index in [1.54, 1.807) is 11.8 Å². The number of aryl methyl sites for hydroxylation is 1. The molecule has 2 aromatic rings. The molecule has 1 aliphatic rings. The van der Waals surface area contributed by atoms with E-state index in [4.69, 9.17) is 0 Å². The number of para-hydroxylation sites is 1. The maximum Gasteiger partial charge on any atom is 0.228 e. The summed E-state index contributed by atoms with van der Waals surface area (Å²) in [6.45, 7) is 2.00. The van der Waals surface area contributed by atoms with E-state index in [9.17, 15) is 9.59 Å². The number of anilines is 2. The summed E-state index contributed by atoms with van der Waals surface area (Å²) in [5, 5.41) is 5.76. The van der Waals surface area contributed by atoms with Crippen LogP contribution in [0.1, 0.15) is 12.0 Å². The third-order valence-corrected chi connectivity index (χ3v) is 4.96. The largest absolute Gasteiger partial charge is 0.326 e. The van der Waals surface area contributed by atoms with Crippen LogP contribution in [0.2, 0.25) is 0 Å². The summed E-state index contributed by atoms with van der Waals surface area (Å²) in [4.78, 5) is 25.5. The van der Waals surface area contributed by atoms with Crippen LogP contribution in [0.25, 0.3) is 0 Å². The summed E-state index contributed by atoms with van der Waals surface area (Å²) < 4.78 is 0. The summed E-state index contributed by atoms with van der Waals surface area (Å²) in [6, 6.07) is 15.3. The number of nitrogens with one attached hydrogen (secondary N) is 2. The van der Waals surface area contributed by atoms with Crippen LogP contribution in [-0.2, 0) is 9.59 Å². The highest BCUT2D eigenvalue weighted by molar-refractivity contribution is 7.99. The van der Waals surface area contributed by atoms with Gasteiger partial charge in [-0.15, -0.1) is 11.8 Å². The Balaban J connectivity index is 1.63. The van der Waals surface area contributed by atoms with Gasteiger partial charge in [-0.3, -0.25) is 9.59 Å². The van der Waals surface area contributed by atoms with Gasteiger partial charge in [-0.2, -0.15) is 0 Å². The lowest BCUT2D eigenvalue weighted by atomic mass is 10.1. The molecule has 23 heavy (non-hydrogen) atoms. The quantitative estimate of drug-likeness (QED) is 0.904. The van der Waals surface area contributed by atoms with Crippen LogP contribution in [0.5, 0.6) is 0 Å². The van der Waals surface area contributed by atoms with Gasteiger partial charge in [0.05, 0.1) is 11.6 Å². The van der Waals surface area contributed by atoms with E-state index in [-0.39, 0.29) is 24.2 Å². The van der Waals surface area contributed by atoms with Gasteiger partial charge in [-0.05, 0) is 31.2 Å². The average Bonchev–Trinajstić information content (AvgIpc) is 2.69. The minimum absolute atomic E-state index is 0.0958. The number of rotatable bonds is 3. The first-order valence-corrected chi connectivity index (χ1v) is 8.49. The van der Waals surface area contributed by atoms with Crippen LogP contribution in [0, 0.1) is 12.8 Å². The molecule has 0 aliphatic carbocycles. The molecule has 1 aliphatic heterocycles. The Morgan fingerprint density at radius 1 is 1.22 bits per heavy atom. The Morgan fingerprint density at radius 3 is 2.74 bits per heavy atom. The van der Waals surface area contributed by atoms with Crippen LogP contribution in [0.3, 0.4) is 0 Å². The summed E-state index contributed by atoms with van der Waals surface area (Å²) >= 11 is 1.61. The Morgan fingerprint density at radius 2 is 1.96 bits per heavy atom. The number of amides is 2. The second-order valence-electron chi connectivity index (χ2n) is 5.61. The number of thioether (sulfide) groups is 1. The topological polar surface area (TPSA) is 58.2 Å². The van der Waals surface area contributed by atoms with E-state index in [2.05, 4.69) is 10.6 Å². The van der Waals surface area contributed by atoms with Gasteiger partial charge in [0, 0.05) is 22.8 Å². The molecule has 3 rings (SSSR count). The standard InChI is InChI=1S/C18H18N2O2S/c1-12-6-8-14(9-7-12)19-17(21)10-13-11-23-16-5-3-2-4-15(16)20-18(13)22/h2-9,13H,10-11H2,1H3,(H,19,21)(H,20,22). The molecule has 2 N–H and O–H groups in total. The summed E-state index contributed by atoms with van der Waals surface area (Å²) in [5.74, 6) is 0.0318. The fourth-order valence-corrected chi connectivity index (χ4v) is 3.52. The third-order valence-electron chi connectivity index (χ3n) is 3.72. The van der Waals surface area contributed by atoms with E-state index < -0.39 is 0 Å². The maximum absolute atomic E-state index is 12.3. The molecule has 5 heteroatoms. The van der Waals surface area contributed by atoms with Crippen molar-refractivity contribution in [2.75, 3.05) is 16.4 Å². The van der Waals surface area contributed by atoms with Crippen molar-refractivity contribution in [1.29, 1.82) is 0 Å². The number of hydrogen-bond acceptors (Lipinski definition) is 3. The molecule has 0 saturated carbocycles. The van der Waals surface area contributed by atoms with Crippen LogP contribution in [0.15, 0.2) is 53.4 Å². The molecule has 118 valence electrons. The van der Waals surface area contributed by atoms with E-state index in [1.807, 2.05) is 55.5 Å². The predicted octanol–water partition coefficient (Wildman–Crippen LogP) is 3.68. The molecule has 4 nitrogen and oxygen atoms in total. The lowest BCUT2D eigenvalue weighted by Crippen LogP contribution is -2.27. The highest BCUT2D eigenvalue weighted by Gasteiger charge is 2.26. The van der Waals surface area contributed by atoms with Gasteiger partial charge in [0.15, 0.2) is 0 Å². The smallest absolute Gasteiger partial charge is 0.228 e. The minimum atomic E-state index is -0.335. The Bertz CT molecular complexity index is 728. The van der Waals surface area contributed by atoms with E-state index in [0.29, 0.717) is 5.75 Å². The molecule has 2 aromatic carbocycles. The van der Waals surface area contributed by atoms with Gasteiger partial charge in [0.2, 0.25) is 11.8 Å². The second-order valence-corrected chi connectivity index (χ2v) is 6.67. The van der Waals surface area contributed by atoms with Crippen LogP contribution < -0.4 is 10.6 Å². The fraction of sp³-hybridized carbons (Fsp3) is 0.222. The highest BCUT2D eigenvalue weighted by Crippen LogP contribution is 2.33. The molecule has 1 unspecified atom stereocenters. The molecule has 0 radical (unpaired) electrons. The lowest BCUT2D eigenvalue weighted by Gasteiger charge is -2.12. The van der Waals surface area contributed by atoms with Crippen molar-refractivity contribution < 1.29 is 9.59 Å². The van der Waals surface area contributed by atoms with E-state index in [0.717, 1.165) is 21.8 Å². The highest BCUT2D eigenvalue weighted by atomic mass is 32.2. The van der Waals surface area contributed by atoms with Crippen LogP contribution in [0.4, 0.5) is 11.4 Å². The van der Waals surface area contributed by atoms with Crippen molar-refractivity contribution in [1.82, 2.24) is 0 Å². The number of carbonyl (C=O) groups excluding carboxylic acids is 2. The first-order chi connectivity index (χ1) is 11.1. The molecule has 0 bridgehead atoms.